The van der Waals surface area contributed by atoms with Gasteiger partial charge in [-0.15, -0.1) is 0 Å². The SMILES string of the molecule is COc1cc(CCCO[C@@H]2O[C@H](CO)[C@@H](O)[C@H](O)[C@H]2O)ccc1O[C@@H]1O[C@H](CO)[C@@H](O)[C@H](O)[C@H]1O. The maximum Gasteiger partial charge on any atom is 0.229 e. The first-order valence-corrected chi connectivity index (χ1v) is 11.3. The maximum absolute atomic E-state index is 10.2. The second-order valence-corrected chi connectivity index (χ2v) is 8.47. The number of hydrogen-bond donors (Lipinski definition) is 8. The molecule has 0 bridgehead atoms. The highest BCUT2D eigenvalue weighted by Gasteiger charge is 2.45. The van der Waals surface area contributed by atoms with Crippen LogP contribution in [-0.2, 0) is 20.6 Å². The highest BCUT2D eigenvalue weighted by molar-refractivity contribution is 5.43. The van der Waals surface area contributed by atoms with E-state index in [-0.39, 0.29) is 12.4 Å². The Kier molecular flexibility index (Phi) is 10.0. The molecule has 8 N–H and O–H groups in total. The van der Waals surface area contributed by atoms with Crippen molar-refractivity contribution in [3.63, 3.8) is 0 Å². The first-order chi connectivity index (χ1) is 16.7. The average molecular weight is 507 g/mol. The minimum absolute atomic E-state index is 0.147. The van der Waals surface area contributed by atoms with Gasteiger partial charge in [-0.2, -0.15) is 0 Å². The summed E-state index contributed by atoms with van der Waals surface area (Å²) >= 11 is 0. The number of rotatable bonds is 10. The van der Waals surface area contributed by atoms with Crippen LogP contribution in [0, 0.1) is 0 Å². The fourth-order valence-corrected chi connectivity index (χ4v) is 3.94. The zero-order valence-corrected chi connectivity index (χ0v) is 19.2. The van der Waals surface area contributed by atoms with Gasteiger partial charge in [-0.25, -0.2) is 0 Å². The lowest BCUT2D eigenvalue weighted by molar-refractivity contribution is -0.301. The summed E-state index contributed by atoms with van der Waals surface area (Å²) in [6, 6.07) is 5.00. The molecule has 3 rings (SSSR count). The molecule has 2 fully saturated rings. The third kappa shape index (κ3) is 6.39. The van der Waals surface area contributed by atoms with Crippen molar-refractivity contribution < 1.29 is 64.5 Å². The van der Waals surface area contributed by atoms with Crippen LogP contribution < -0.4 is 9.47 Å². The van der Waals surface area contributed by atoms with Crippen LogP contribution in [0.1, 0.15) is 12.0 Å². The number of methoxy groups -OCH3 is 1. The van der Waals surface area contributed by atoms with Crippen molar-refractivity contribution in [2.24, 2.45) is 0 Å². The van der Waals surface area contributed by atoms with E-state index in [1.54, 1.807) is 18.2 Å². The summed E-state index contributed by atoms with van der Waals surface area (Å²) in [5.74, 6) is 0.521. The van der Waals surface area contributed by atoms with E-state index in [0.717, 1.165) is 5.56 Å². The molecule has 13 nitrogen and oxygen atoms in total. The van der Waals surface area contributed by atoms with E-state index in [1.807, 2.05) is 0 Å². The quantitative estimate of drug-likeness (QED) is 0.146. The van der Waals surface area contributed by atoms with Crippen LogP contribution in [0.15, 0.2) is 18.2 Å². The zero-order chi connectivity index (χ0) is 25.7. The summed E-state index contributed by atoms with van der Waals surface area (Å²) in [4.78, 5) is 0. The second kappa shape index (κ2) is 12.6. The lowest BCUT2D eigenvalue weighted by Crippen LogP contribution is -2.60. The van der Waals surface area contributed by atoms with Crippen molar-refractivity contribution in [1.82, 2.24) is 0 Å². The van der Waals surface area contributed by atoms with Gasteiger partial charge in [-0.1, -0.05) is 6.07 Å². The monoisotopic (exact) mass is 506 g/mol. The Labute approximate surface area is 201 Å². The Morgan fingerprint density at radius 3 is 1.89 bits per heavy atom. The molecule has 0 unspecified atom stereocenters. The van der Waals surface area contributed by atoms with Gasteiger partial charge >= 0.3 is 0 Å². The van der Waals surface area contributed by atoms with Gasteiger partial charge in [-0.3, -0.25) is 0 Å². The molecular formula is C22H34O13. The average Bonchev–Trinajstić information content (AvgIpc) is 2.87. The highest BCUT2D eigenvalue weighted by atomic mass is 16.7. The third-order valence-electron chi connectivity index (χ3n) is 6.06. The number of aryl methyl sites for hydroxylation is 1. The molecule has 1 aromatic rings. The van der Waals surface area contributed by atoms with E-state index >= 15 is 0 Å². The van der Waals surface area contributed by atoms with Crippen molar-refractivity contribution in [3.8, 4) is 11.5 Å². The molecule has 0 aromatic heterocycles. The summed E-state index contributed by atoms with van der Waals surface area (Å²) in [6.45, 7) is -0.970. The Hall–Kier alpha value is -1.62. The van der Waals surface area contributed by atoms with E-state index in [9.17, 15) is 40.9 Å². The van der Waals surface area contributed by atoms with Crippen LogP contribution in [-0.4, -0.2) is 129 Å². The Bertz CT molecular complexity index is 791. The number of benzene rings is 1. The first-order valence-electron chi connectivity index (χ1n) is 11.3. The standard InChI is InChI=1S/C22H34O13/c1-31-12-7-10(3-2-6-32-21-19(29)17(27)15(25)13(8-23)34-21)4-5-11(12)33-22-20(30)18(28)16(26)14(9-24)35-22/h4-5,7,13-30H,2-3,6,8-9H2,1H3/t13-,14-,15-,16-,17+,18+,19-,20-,21-,22-/m1/s1. The van der Waals surface area contributed by atoms with Gasteiger partial charge in [0.25, 0.3) is 0 Å². The minimum Gasteiger partial charge on any atom is -0.493 e. The van der Waals surface area contributed by atoms with Gasteiger partial charge in [0, 0.05) is 0 Å². The molecule has 35 heavy (non-hydrogen) atoms. The molecule has 2 aliphatic heterocycles. The molecule has 1 aromatic carbocycles. The zero-order valence-electron chi connectivity index (χ0n) is 19.2. The van der Waals surface area contributed by atoms with E-state index in [4.69, 9.17) is 23.7 Å². The van der Waals surface area contributed by atoms with E-state index < -0.39 is 74.6 Å². The Balaban J connectivity index is 1.54. The molecule has 0 spiro atoms. The molecule has 0 radical (unpaired) electrons. The van der Waals surface area contributed by atoms with Gasteiger partial charge < -0.3 is 64.5 Å². The van der Waals surface area contributed by atoms with Gasteiger partial charge in [0.2, 0.25) is 6.29 Å². The Morgan fingerprint density at radius 2 is 1.31 bits per heavy atom. The molecule has 2 aliphatic rings. The number of aliphatic hydroxyl groups excluding tert-OH is 8. The molecule has 10 atom stereocenters. The first kappa shape index (κ1) is 28.0. The van der Waals surface area contributed by atoms with Crippen molar-refractivity contribution in [2.45, 2.75) is 74.3 Å². The van der Waals surface area contributed by atoms with Gasteiger partial charge in [0.05, 0.1) is 26.9 Å². The second-order valence-electron chi connectivity index (χ2n) is 8.47. The van der Waals surface area contributed by atoms with Crippen molar-refractivity contribution in [2.75, 3.05) is 26.9 Å². The predicted octanol–water partition coefficient (Wildman–Crippen LogP) is -3.38. The smallest absolute Gasteiger partial charge is 0.229 e. The van der Waals surface area contributed by atoms with E-state index in [1.165, 1.54) is 7.11 Å². The molecule has 0 aliphatic carbocycles. The van der Waals surface area contributed by atoms with Crippen LogP contribution in [0.3, 0.4) is 0 Å². The van der Waals surface area contributed by atoms with E-state index in [0.29, 0.717) is 18.6 Å². The largest absolute Gasteiger partial charge is 0.493 e. The van der Waals surface area contributed by atoms with Crippen molar-refractivity contribution in [3.05, 3.63) is 23.8 Å². The fraction of sp³-hybridized carbons (Fsp3) is 0.727. The molecule has 0 saturated carbocycles. The number of ether oxygens (including phenoxy) is 5. The normalized spacial score (nSPS) is 37.7. The summed E-state index contributed by atoms with van der Waals surface area (Å²) in [5.41, 5.74) is 0.834. The van der Waals surface area contributed by atoms with Gasteiger partial charge in [0.1, 0.15) is 48.8 Å². The van der Waals surface area contributed by atoms with Crippen LogP contribution in [0.2, 0.25) is 0 Å². The van der Waals surface area contributed by atoms with Crippen LogP contribution in [0.4, 0.5) is 0 Å². The van der Waals surface area contributed by atoms with Crippen LogP contribution in [0.25, 0.3) is 0 Å². The Morgan fingerprint density at radius 1 is 0.743 bits per heavy atom. The maximum atomic E-state index is 10.2. The molecule has 13 heteroatoms. The van der Waals surface area contributed by atoms with Crippen molar-refractivity contribution in [1.29, 1.82) is 0 Å². The van der Waals surface area contributed by atoms with Crippen molar-refractivity contribution >= 4 is 0 Å². The lowest BCUT2D eigenvalue weighted by Gasteiger charge is -2.39. The fourth-order valence-electron chi connectivity index (χ4n) is 3.94. The predicted molar refractivity (Wildman–Crippen MR) is 115 cm³/mol. The third-order valence-corrected chi connectivity index (χ3v) is 6.06. The summed E-state index contributed by atoms with van der Waals surface area (Å²) in [6.07, 6.45) is -12.7. The molecule has 2 saturated heterocycles. The molecular weight excluding hydrogens is 472 g/mol. The van der Waals surface area contributed by atoms with Gasteiger partial charge in [0.15, 0.2) is 17.8 Å². The summed E-state index contributed by atoms with van der Waals surface area (Å²) in [7, 11) is 1.42. The highest BCUT2D eigenvalue weighted by Crippen LogP contribution is 2.32. The minimum atomic E-state index is -1.57. The lowest BCUT2D eigenvalue weighted by atomic mass is 9.99. The molecule has 200 valence electrons. The van der Waals surface area contributed by atoms with E-state index in [2.05, 4.69) is 0 Å². The molecule has 2 heterocycles. The topological polar surface area (TPSA) is 208 Å². The number of aliphatic hydroxyl groups is 8. The summed E-state index contributed by atoms with van der Waals surface area (Å²) in [5, 5.41) is 78.2. The van der Waals surface area contributed by atoms with Gasteiger partial charge in [-0.05, 0) is 30.5 Å². The van der Waals surface area contributed by atoms with Crippen LogP contribution in [0.5, 0.6) is 11.5 Å². The molecule has 0 amide bonds. The van der Waals surface area contributed by atoms with Crippen LogP contribution >= 0.6 is 0 Å². The summed E-state index contributed by atoms with van der Waals surface area (Å²) < 4.78 is 27.1. The number of hydrogen-bond acceptors (Lipinski definition) is 13.